The van der Waals surface area contributed by atoms with Crippen LogP contribution in [0, 0.1) is 22.2 Å². The molecule has 1 aliphatic rings. The van der Waals surface area contributed by atoms with Crippen molar-refractivity contribution in [2.45, 2.75) is 53.4 Å². The third kappa shape index (κ3) is 2.32. The van der Waals surface area contributed by atoms with E-state index in [4.69, 9.17) is 5.41 Å². The summed E-state index contributed by atoms with van der Waals surface area (Å²) in [5.74, 6) is 0.700. The van der Waals surface area contributed by atoms with Crippen molar-refractivity contribution < 1.29 is 0 Å². The highest BCUT2D eigenvalue weighted by Crippen LogP contribution is 2.65. The molecule has 1 nitrogen and oxygen atoms in total. The van der Waals surface area contributed by atoms with E-state index < -0.39 is 0 Å². The van der Waals surface area contributed by atoms with Crippen molar-refractivity contribution in [3.63, 3.8) is 0 Å². The number of hydrogen-bond acceptors (Lipinski definition) is 1. The van der Waals surface area contributed by atoms with Gasteiger partial charge < -0.3 is 5.41 Å². The molecule has 1 aliphatic carbocycles. The molecule has 1 fully saturated rings. The lowest BCUT2D eigenvalue weighted by Gasteiger charge is -2.16. The molecule has 0 heterocycles. The average Bonchev–Trinajstić information content (AvgIpc) is 2.49. The van der Waals surface area contributed by atoms with E-state index in [9.17, 15) is 0 Å². The van der Waals surface area contributed by atoms with Gasteiger partial charge in [0.2, 0.25) is 0 Å². The summed E-state index contributed by atoms with van der Waals surface area (Å²) in [7, 11) is 0. The molecule has 1 heteroatoms. The minimum atomic E-state index is 0.581. The Kier molecular flexibility index (Phi) is 2.84. The van der Waals surface area contributed by atoms with Gasteiger partial charge in [0.1, 0.15) is 0 Å². The minimum absolute atomic E-state index is 0.581. The van der Waals surface area contributed by atoms with Crippen LogP contribution in [0.4, 0.5) is 0 Å². The van der Waals surface area contributed by atoms with Crippen molar-refractivity contribution in [3.05, 3.63) is 0 Å². The molecule has 0 aliphatic heterocycles. The second-order valence-electron chi connectivity index (χ2n) is 5.70. The van der Waals surface area contributed by atoms with Gasteiger partial charge in [0.15, 0.2) is 0 Å². The van der Waals surface area contributed by atoms with Gasteiger partial charge in [0.05, 0.1) is 0 Å². The molecular formula is C12H23N. The highest BCUT2D eigenvalue weighted by molar-refractivity contribution is 5.53. The van der Waals surface area contributed by atoms with Crippen molar-refractivity contribution in [2.75, 3.05) is 0 Å². The fourth-order valence-corrected chi connectivity index (χ4v) is 2.24. The molecule has 0 aromatic carbocycles. The zero-order valence-corrected chi connectivity index (χ0v) is 9.48. The lowest BCUT2D eigenvalue weighted by molar-refractivity contribution is 0.350. The van der Waals surface area contributed by atoms with Crippen LogP contribution in [0.5, 0.6) is 0 Å². The molecule has 0 radical (unpaired) electrons. The lowest BCUT2D eigenvalue weighted by atomic mass is 9.89. The first kappa shape index (κ1) is 10.7. The van der Waals surface area contributed by atoms with E-state index in [1.54, 1.807) is 6.21 Å². The Morgan fingerprint density at radius 1 is 1.38 bits per heavy atom. The summed E-state index contributed by atoms with van der Waals surface area (Å²) in [5.41, 5.74) is 1.18. The molecule has 0 amide bonds. The van der Waals surface area contributed by atoms with Crippen LogP contribution in [0.3, 0.4) is 0 Å². The molecule has 0 bridgehead atoms. The van der Waals surface area contributed by atoms with Crippen molar-refractivity contribution in [1.29, 1.82) is 5.41 Å². The molecule has 1 rings (SSSR count). The molecule has 1 saturated carbocycles. The maximum absolute atomic E-state index is 7.04. The van der Waals surface area contributed by atoms with Gasteiger partial charge in [0, 0.05) is 0 Å². The standard InChI is InChI=1S/C12H23N/c1-10(6-8-13)5-7-12(4)9-11(12,2)3/h8,10,13H,5-7,9H2,1-4H3. The SMILES string of the molecule is CC(CC=N)CCC1(C)CC1(C)C. The summed E-state index contributed by atoms with van der Waals surface area (Å²) < 4.78 is 0. The monoisotopic (exact) mass is 181 g/mol. The summed E-state index contributed by atoms with van der Waals surface area (Å²) in [5, 5.41) is 7.04. The minimum Gasteiger partial charge on any atom is -0.313 e. The zero-order valence-electron chi connectivity index (χ0n) is 9.48. The molecule has 0 aromatic heterocycles. The maximum Gasteiger partial charge on any atom is -0.00451 e. The molecule has 2 atom stereocenters. The van der Waals surface area contributed by atoms with E-state index in [2.05, 4.69) is 27.7 Å². The molecule has 0 spiro atoms. The Bertz CT molecular complexity index is 195. The Labute approximate surface area is 82.4 Å². The van der Waals surface area contributed by atoms with Crippen LogP contribution >= 0.6 is 0 Å². The van der Waals surface area contributed by atoms with Crippen LogP contribution in [0.1, 0.15) is 53.4 Å². The topological polar surface area (TPSA) is 23.9 Å². The van der Waals surface area contributed by atoms with Crippen LogP contribution in [0.25, 0.3) is 0 Å². The summed E-state index contributed by atoms with van der Waals surface area (Å²) in [6.45, 7) is 9.40. The average molecular weight is 181 g/mol. The molecular weight excluding hydrogens is 158 g/mol. The van der Waals surface area contributed by atoms with Gasteiger partial charge in [-0.15, -0.1) is 0 Å². The third-order valence-electron chi connectivity index (χ3n) is 4.05. The first-order valence-corrected chi connectivity index (χ1v) is 5.40. The number of hydrogen-bond donors (Lipinski definition) is 1. The summed E-state index contributed by atoms with van der Waals surface area (Å²) in [6, 6.07) is 0. The Hall–Kier alpha value is -0.330. The predicted octanol–water partition coefficient (Wildman–Crippen LogP) is 3.88. The quantitative estimate of drug-likeness (QED) is 0.622. The van der Waals surface area contributed by atoms with Gasteiger partial charge >= 0.3 is 0 Å². The van der Waals surface area contributed by atoms with Crippen LogP contribution < -0.4 is 0 Å². The van der Waals surface area contributed by atoms with E-state index in [1.165, 1.54) is 19.3 Å². The third-order valence-corrected chi connectivity index (χ3v) is 4.05. The molecule has 0 aromatic rings. The fraction of sp³-hybridized carbons (Fsp3) is 0.917. The van der Waals surface area contributed by atoms with E-state index in [0.29, 0.717) is 16.7 Å². The Morgan fingerprint density at radius 2 is 1.92 bits per heavy atom. The smallest absolute Gasteiger partial charge is 0.00451 e. The van der Waals surface area contributed by atoms with Crippen molar-refractivity contribution >= 4 is 6.21 Å². The number of rotatable bonds is 5. The maximum atomic E-state index is 7.04. The normalized spacial score (nSPS) is 32.6. The number of nitrogens with one attached hydrogen (secondary N) is 1. The van der Waals surface area contributed by atoms with Crippen LogP contribution in [0.15, 0.2) is 0 Å². The van der Waals surface area contributed by atoms with Gasteiger partial charge in [0.25, 0.3) is 0 Å². The zero-order chi connectivity index (χ0) is 10.1. The highest BCUT2D eigenvalue weighted by atomic mass is 14.6. The Morgan fingerprint density at radius 3 is 2.31 bits per heavy atom. The fourth-order valence-electron chi connectivity index (χ4n) is 2.24. The molecule has 0 saturated heterocycles. The largest absolute Gasteiger partial charge is 0.313 e. The molecule has 76 valence electrons. The summed E-state index contributed by atoms with van der Waals surface area (Å²) >= 11 is 0. The van der Waals surface area contributed by atoms with Crippen molar-refractivity contribution in [3.8, 4) is 0 Å². The molecule has 1 N–H and O–H groups in total. The summed E-state index contributed by atoms with van der Waals surface area (Å²) in [6.07, 6.45) is 6.52. The predicted molar refractivity (Wildman–Crippen MR) is 58.3 cm³/mol. The van der Waals surface area contributed by atoms with Gasteiger partial charge in [-0.3, -0.25) is 0 Å². The van der Waals surface area contributed by atoms with Crippen LogP contribution in [-0.2, 0) is 0 Å². The van der Waals surface area contributed by atoms with Crippen LogP contribution in [0.2, 0.25) is 0 Å². The van der Waals surface area contributed by atoms with Crippen molar-refractivity contribution in [2.24, 2.45) is 16.7 Å². The van der Waals surface area contributed by atoms with Gasteiger partial charge in [-0.05, 0) is 48.6 Å². The van der Waals surface area contributed by atoms with E-state index in [-0.39, 0.29) is 0 Å². The highest BCUT2D eigenvalue weighted by Gasteiger charge is 2.56. The van der Waals surface area contributed by atoms with Gasteiger partial charge in [-0.2, -0.15) is 0 Å². The second kappa shape index (κ2) is 3.43. The first-order chi connectivity index (χ1) is 5.91. The Balaban J connectivity index is 2.24. The molecule has 13 heavy (non-hydrogen) atoms. The van der Waals surface area contributed by atoms with Crippen molar-refractivity contribution in [1.82, 2.24) is 0 Å². The molecule has 2 unspecified atom stereocenters. The van der Waals surface area contributed by atoms with Gasteiger partial charge in [-0.25, -0.2) is 0 Å². The lowest BCUT2D eigenvalue weighted by Crippen LogP contribution is -2.06. The van der Waals surface area contributed by atoms with E-state index in [1.807, 2.05) is 0 Å². The second-order valence-corrected chi connectivity index (χ2v) is 5.70. The first-order valence-electron chi connectivity index (χ1n) is 5.40. The van der Waals surface area contributed by atoms with E-state index >= 15 is 0 Å². The van der Waals surface area contributed by atoms with Gasteiger partial charge in [-0.1, -0.05) is 27.7 Å². The summed E-state index contributed by atoms with van der Waals surface area (Å²) in [4.78, 5) is 0. The van der Waals surface area contributed by atoms with E-state index in [0.717, 1.165) is 6.42 Å². The van der Waals surface area contributed by atoms with Crippen LogP contribution in [-0.4, -0.2) is 6.21 Å².